The smallest absolute Gasteiger partial charge is 0.235 e. The number of hydrogen-bond acceptors (Lipinski definition) is 3. The second-order valence-electron chi connectivity index (χ2n) is 8.11. The topological polar surface area (TPSA) is 86.5 Å². The molecule has 6 heteroatoms. The van der Waals surface area contributed by atoms with Crippen molar-refractivity contribution in [1.29, 1.82) is 0 Å². The van der Waals surface area contributed by atoms with Crippen LogP contribution in [0.4, 0.5) is 5.69 Å². The summed E-state index contributed by atoms with van der Waals surface area (Å²) in [5, 5.41) is 10.6. The molecule has 1 aromatic carbocycles. The van der Waals surface area contributed by atoms with Crippen LogP contribution in [0.5, 0.6) is 0 Å². The van der Waals surface area contributed by atoms with Gasteiger partial charge in [0.25, 0.3) is 0 Å². The van der Waals surface area contributed by atoms with E-state index in [1.165, 1.54) is 0 Å². The molecule has 1 saturated carbocycles. The Balaban J connectivity index is 1.56. The van der Waals surface area contributed by atoms with Crippen molar-refractivity contribution in [2.45, 2.75) is 51.4 Å². The van der Waals surface area contributed by atoms with E-state index in [0.717, 1.165) is 71.6 Å². The quantitative estimate of drug-likeness (QED) is 0.670. The van der Waals surface area contributed by atoms with Gasteiger partial charge in [-0.15, -0.1) is 0 Å². The first-order valence-electron chi connectivity index (χ1n) is 9.45. The number of H-pyrrole nitrogens is 2. The Morgan fingerprint density at radius 2 is 2.00 bits per heavy atom. The number of aromatic nitrogens is 4. The average molecular weight is 349 g/mol. The van der Waals surface area contributed by atoms with Gasteiger partial charge in [-0.2, -0.15) is 5.10 Å². The molecule has 0 radical (unpaired) electrons. The minimum Gasteiger partial charge on any atom is -0.337 e. The molecule has 2 aliphatic rings. The molecule has 3 heterocycles. The van der Waals surface area contributed by atoms with Gasteiger partial charge < -0.3 is 10.3 Å². The number of hydrogen-bond donors (Lipinski definition) is 3. The molecular weight excluding hydrogens is 326 g/mol. The number of carbonyl (C=O) groups excluding carboxylic acids is 1. The summed E-state index contributed by atoms with van der Waals surface area (Å²) in [6, 6.07) is 6.18. The molecule has 0 atom stereocenters. The Hall–Kier alpha value is -2.63. The molecule has 0 unspecified atom stereocenters. The van der Waals surface area contributed by atoms with Crippen LogP contribution in [-0.2, 0) is 16.6 Å². The van der Waals surface area contributed by atoms with E-state index in [9.17, 15) is 4.79 Å². The molecule has 134 valence electrons. The van der Waals surface area contributed by atoms with Crippen LogP contribution in [0, 0.1) is 5.92 Å². The van der Waals surface area contributed by atoms with Gasteiger partial charge in [0.1, 0.15) is 5.69 Å². The third-order valence-corrected chi connectivity index (χ3v) is 5.78. The largest absolute Gasteiger partial charge is 0.337 e. The number of nitrogens with zero attached hydrogens (tertiary/aromatic N) is 2. The van der Waals surface area contributed by atoms with Crippen molar-refractivity contribution in [3.05, 3.63) is 29.5 Å². The lowest BCUT2D eigenvalue weighted by Gasteiger charge is -2.20. The number of nitrogens with one attached hydrogen (secondary N) is 3. The molecule has 6 nitrogen and oxygen atoms in total. The second-order valence-corrected chi connectivity index (χ2v) is 8.11. The van der Waals surface area contributed by atoms with E-state index in [1.807, 2.05) is 6.07 Å². The van der Waals surface area contributed by atoms with Crippen LogP contribution in [0.1, 0.15) is 50.8 Å². The van der Waals surface area contributed by atoms with Gasteiger partial charge in [0.15, 0.2) is 5.82 Å². The molecule has 1 fully saturated rings. The van der Waals surface area contributed by atoms with Crippen molar-refractivity contribution in [3.8, 4) is 11.5 Å². The SMILES string of the molecule is CC(C)Cc1cc(-c2nc3cc4c(cc3[nH]2)NC(=O)C42CCCC2)[nH]n1. The number of aromatic amines is 2. The first-order chi connectivity index (χ1) is 12.5. The molecule has 3 N–H and O–H groups in total. The standard InChI is InChI=1S/C20H23N5O/c1-11(2)7-12-8-17(25-24-12)18-21-15-9-13-14(10-16(15)22-18)23-19(26)20(13)5-3-4-6-20/h8-11H,3-7H2,1-2H3,(H,21,22)(H,23,26)(H,24,25). The lowest BCUT2D eigenvalue weighted by atomic mass is 9.80. The van der Waals surface area contributed by atoms with Crippen molar-refractivity contribution in [2.24, 2.45) is 5.92 Å². The van der Waals surface area contributed by atoms with Gasteiger partial charge in [-0.05, 0) is 48.9 Å². The van der Waals surface area contributed by atoms with Crippen molar-refractivity contribution < 1.29 is 4.79 Å². The maximum atomic E-state index is 12.6. The highest BCUT2D eigenvalue weighted by atomic mass is 16.2. The number of benzene rings is 1. The molecule has 1 spiro atoms. The van der Waals surface area contributed by atoms with E-state index in [0.29, 0.717) is 5.92 Å². The zero-order valence-electron chi connectivity index (χ0n) is 15.1. The molecule has 0 saturated heterocycles. The maximum absolute atomic E-state index is 12.6. The van der Waals surface area contributed by atoms with Gasteiger partial charge in [0.2, 0.25) is 5.91 Å². The van der Waals surface area contributed by atoms with E-state index in [2.05, 4.69) is 46.5 Å². The van der Waals surface area contributed by atoms with Crippen LogP contribution in [0.2, 0.25) is 0 Å². The monoisotopic (exact) mass is 349 g/mol. The number of fused-ring (bicyclic) bond motifs is 3. The summed E-state index contributed by atoms with van der Waals surface area (Å²) in [6.07, 6.45) is 5.05. The summed E-state index contributed by atoms with van der Waals surface area (Å²) in [5.41, 5.74) is 5.52. The second kappa shape index (κ2) is 5.43. The molecule has 3 aromatic rings. The Morgan fingerprint density at radius 1 is 1.19 bits per heavy atom. The average Bonchev–Trinajstić information content (AvgIpc) is 3.35. The van der Waals surface area contributed by atoms with Crippen LogP contribution in [0.15, 0.2) is 18.2 Å². The Kier molecular flexibility index (Phi) is 3.26. The molecular formula is C20H23N5O. The zero-order valence-corrected chi connectivity index (χ0v) is 15.1. The van der Waals surface area contributed by atoms with E-state index >= 15 is 0 Å². The maximum Gasteiger partial charge on any atom is 0.235 e. The molecule has 2 aromatic heterocycles. The summed E-state index contributed by atoms with van der Waals surface area (Å²) in [5.74, 6) is 1.51. The highest BCUT2D eigenvalue weighted by Gasteiger charge is 2.48. The van der Waals surface area contributed by atoms with Crippen molar-refractivity contribution in [3.63, 3.8) is 0 Å². The van der Waals surface area contributed by atoms with E-state index in [4.69, 9.17) is 4.98 Å². The van der Waals surface area contributed by atoms with Gasteiger partial charge in [-0.1, -0.05) is 26.7 Å². The molecule has 1 aliphatic carbocycles. The Morgan fingerprint density at radius 3 is 2.77 bits per heavy atom. The van der Waals surface area contributed by atoms with Crippen LogP contribution in [0.3, 0.4) is 0 Å². The Bertz CT molecular complexity index is 1010. The third kappa shape index (κ3) is 2.21. The minimum absolute atomic E-state index is 0.157. The third-order valence-electron chi connectivity index (χ3n) is 5.78. The van der Waals surface area contributed by atoms with Crippen molar-refractivity contribution in [2.75, 3.05) is 5.32 Å². The number of amides is 1. The first-order valence-corrected chi connectivity index (χ1v) is 9.45. The fourth-order valence-electron chi connectivity index (χ4n) is 4.53. The highest BCUT2D eigenvalue weighted by molar-refractivity contribution is 6.08. The molecule has 26 heavy (non-hydrogen) atoms. The Labute approximate surface area is 151 Å². The van der Waals surface area contributed by atoms with Crippen LogP contribution in [-0.4, -0.2) is 26.1 Å². The predicted molar refractivity (Wildman–Crippen MR) is 101 cm³/mol. The summed E-state index contributed by atoms with van der Waals surface area (Å²) < 4.78 is 0. The predicted octanol–water partition coefficient (Wildman–Crippen LogP) is 3.92. The highest BCUT2D eigenvalue weighted by Crippen LogP contribution is 2.49. The summed E-state index contributed by atoms with van der Waals surface area (Å²) in [6.45, 7) is 4.37. The van der Waals surface area contributed by atoms with Gasteiger partial charge in [0, 0.05) is 5.69 Å². The molecule has 0 bridgehead atoms. The minimum atomic E-state index is -0.332. The van der Waals surface area contributed by atoms with E-state index in [1.54, 1.807) is 0 Å². The normalized spacial score (nSPS) is 18.2. The summed E-state index contributed by atoms with van der Waals surface area (Å²) in [7, 11) is 0. The van der Waals surface area contributed by atoms with E-state index < -0.39 is 0 Å². The molecule has 1 aliphatic heterocycles. The number of anilines is 1. The van der Waals surface area contributed by atoms with Crippen molar-refractivity contribution in [1.82, 2.24) is 20.2 Å². The lowest BCUT2D eigenvalue weighted by molar-refractivity contribution is -0.120. The zero-order chi connectivity index (χ0) is 17.9. The number of carbonyl (C=O) groups is 1. The van der Waals surface area contributed by atoms with Gasteiger partial charge in [0.05, 0.1) is 22.1 Å². The first kappa shape index (κ1) is 15.6. The van der Waals surface area contributed by atoms with Gasteiger partial charge >= 0.3 is 0 Å². The van der Waals surface area contributed by atoms with Crippen LogP contribution >= 0.6 is 0 Å². The van der Waals surface area contributed by atoms with E-state index in [-0.39, 0.29) is 11.3 Å². The van der Waals surface area contributed by atoms with Crippen LogP contribution in [0.25, 0.3) is 22.6 Å². The van der Waals surface area contributed by atoms with Crippen molar-refractivity contribution >= 4 is 22.6 Å². The number of rotatable bonds is 3. The fourth-order valence-corrected chi connectivity index (χ4v) is 4.53. The van der Waals surface area contributed by atoms with Gasteiger partial charge in [-0.25, -0.2) is 4.98 Å². The summed E-state index contributed by atoms with van der Waals surface area (Å²) in [4.78, 5) is 20.7. The van der Waals surface area contributed by atoms with Crippen LogP contribution < -0.4 is 5.32 Å². The lowest BCUT2D eigenvalue weighted by Crippen LogP contribution is -2.30. The molecule has 1 amide bonds. The fraction of sp³-hybridized carbons (Fsp3) is 0.450. The summed E-state index contributed by atoms with van der Waals surface area (Å²) >= 11 is 0. The van der Waals surface area contributed by atoms with Gasteiger partial charge in [-0.3, -0.25) is 9.89 Å². The number of imidazole rings is 1. The molecule has 5 rings (SSSR count).